The van der Waals surface area contributed by atoms with E-state index in [0.717, 1.165) is 35.3 Å². The minimum absolute atomic E-state index is 0.0305. The average molecular weight is 537 g/mol. The summed E-state index contributed by atoms with van der Waals surface area (Å²) in [6.45, 7) is 2.57. The molecule has 1 fully saturated rings. The molecule has 0 saturated heterocycles. The van der Waals surface area contributed by atoms with Crippen LogP contribution < -0.4 is 15.7 Å². The van der Waals surface area contributed by atoms with Gasteiger partial charge in [-0.3, -0.25) is 14.2 Å². The molecule has 202 valence electrons. The molecule has 4 N–H and O–H groups in total. The Morgan fingerprint density at radius 3 is 2.76 bits per heavy atom. The maximum atomic E-state index is 12.7. The SMILES string of the molecule is CN(CCCn1c(=O)sc2cc(CNC[C@H](O)c3ccc(O)c4[nH]c(=O)ccc34)ccc21)C1CCCCC1. The summed E-state index contributed by atoms with van der Waals surface area (Å²) in [6.07, 6.45) is 6.73. The molecule has 1 aliphatic rings. The second-order valence-corrected chi connectivity index (χ2v) is 11.4. The third-order valence-corrected chi connectivity index (χ3v) is 8.70. The molecule has 1 atom stereocenters. The highest BCUT2D eigenvalue weighted by Crippen LogP contribution is 2.28. The van der Waals surface area contributed by atoms with Crippen LogP contribution in [0.5, 0.6) is 5.75 Å². The number of aromatic amines is 1. The van der Waals surface area contributed by atoms with Crippen molar-refractivity contribution in [2.75, 3.05) is 20.1 Å². The fourth-order valence-electron chi connectivity index (χ4n) is 5.63. The highest BCUT2D eigenvalue weighted by molar-refractivity contribution is 7.16. The first kappa shape index (κ1) is 26.6. The Balaban J connectivity index is 1.18. The molecule has 1 saturated carbocycles. The van der Waals surface area contributed by atoms with Crippen LogP contribution in [0.25, 0.3) is 21.1 Å². The maximum Gasteiger partial charge on any atom is 0.308 e. The van der Waals surface area contributed by atoms with E-state index < -0.39 is 6.10 Å². The van der Waals surface area contributed by atoms with E-state index in [1.54, 1.807) is 12.1 Å². The van der Waals surface area contributed by atoms with Gasteiger partial charge < -0.3 is 25.4 Å². The van der Waals surface area contributed by atoms with Crippen LogP contribution in [0, 0.1) is 0 Å². The van der Waals surface area contributed by atoms with Gasteiger partial charge in [-0.2, -0.15) is 0 Å². The second-order valence-electron chi connectivity index (χ2n) is 10.4. The van der Waals surface area contributed by atoms with Crippen molar-refractivity contribution < 1.29 is 10.2 Å². The summed E-state index contributed by atoms with van der Waals surface area (Å²) in [6, 6.07) is 12.9. The number of nitrogens with zero attached hydrogens (tertiary/aromatic N) is 2. The van der Waals surface area contributed by atoms with Gasteiger partial charge in [0.2, 0.25) is 5.56 Å². The third kappa shape index (κ3) is 5.86. The van der Waals surface area contributed by atoms with E-state index in [0.29, 0.717) is 35.6 Å². The third-order valence-electron chi connectivity index (χ3n) is 7.76. The molecule has 5 rings (SSSR count). The maximum absolute atomic E-state index is 12.7. The Hall–Kier alpha value is -2.98. The standard InChI is InChI=1S/C29H36N4O4S/c1-32(20-6-3-2-4-7-20)14-5-15-33-23-11-8-19(16-26(23)38-29(33)37)17-30-18-25(35)21-9-12-24(34)28-22(21)10-13-27(36)31-28/h8-13,16,20,25,30,34-35H,2-7,14-15,17-18H2,1H3,(H,31,36)/t25-/m0/s1. The van der Waals surface area contributed by atoms with Gasteiger partial charge in [-0.15, -0.1) is 0 Å². The molecule has 9 heteroatoms. The fraction of sp³-hybridized carbons (Fsp3) is 0.448. The van der Waals surface area contributed by atoms with Gasteiger partial charge in [-0.25, -0.2) is 0 Å². The molecule has 0 spiro atoms. The van der Waals surface area contributed by atoms with Crippen LogP contribution in [0.2, 0.25) is 0 Å². The molecule has 0 aliphatic heterocycles. The summed E-state index contributed by atoms with van der Waals surface area (Å²) >= 11 is 1.28. The van der Waals surface area contributed by atoms with Crippen molar-refractivity contribution in [3.8, 4) is 5.75 Å². The normalized spacial score (nSPS) is 15.6. The molecule has 8 nitrogen and oxygen atoms in total. The van der Waals surface area contributed by atoms with E-state index >= 15 is 0 Å². The van der Waals surface area contributed by atoms with E-state index in [2.05, 4.69) is 22.2 Å². The topological polar surface area (TPSA) is 111 Å². The van der Waals surface area contributed by atoms with Gasteiger partial charge in [-0.1, -0.05) is 42.7 Å². The lowest BCUT2D eigenvalue weighted by Gasteiger charge is -2.31. The molecule has 1 aliphatic carbocycles. The summed E-state index contributed by atoms with van der Waals surface area (Å²) in [5.74, 6) is -0.0305. The zero-order valence-electron chi connectivity index (χ0n) is 21.8. The largest absolute Gasteiger partial charge is 0.506 e. The highest BCUT2D eigenvalue weighted by Gasteiger charge is 2.18. The number of phenolic OH excluding ortho intramolecular Hbond substituents is 1. The Morgan fingerprint density at radius 2 is 1.95 bits per heavy atom. The van der Waals surface area contributed by atoms with Crippen molar-refractivity contribution in [2.24, 2.45) is 0 Å². The van der Waals surface area contributed by atoms with Crippen molar-refractivity contribution in [1.82, 2.24) is 19.8 Å². The minimum Gasteiger partial charge on any atom is -0.506 e. The molecule has 2 heterocycles. The number of thiazole rings is 1. The second kappa shape index (κ2) is 11.8. The monoisotopic (exact) mass is 536 g/mol. The zero-order valence-corrected chi connectivity index (χ0v) is 22.6. The van der Waals surface area contributed by atoms with E-state index in [1.165, 1.54) is 55.6 Å². The lowest BCUT2D eigenvalue weighted by Crippen LogP contribution is -2.34. The van der Waals surface area contributed by atoms with Crippen molar-refractivity contribution in [3.63, 3.8) is 0 Å². The number of aromatic hydroxyl groups is 1. The van der Waals surface area contributed by atoms with Gasteiger partial charge in [0.25, 0.3) is 0 Å². The Morgan fingerprint density at radius 1 is 1.13 bits per heavy atom. The van der Waals surface area contributed by atoms with Crippen LogP contribution in [-0.4, -0.2) is 50.8 Å². The number of aromatic nitrogens is 2. The number of phenols is 1. The van der Waals surface area contributed by atoms with Crippen LogP contribution in [0.4, 0.5) is 0 Å². The van der Waals surface area contributed by atoms with Crippen molar-refractivity contribution in [1.29, 1.82) is 0 Å². The Kier molecular flexibility index (Phi) is 8.28. The number of aliphatic hydroxyl groups excluding tert-OH is 1. The number of aryl methyl sites for hydroxylation is 1. The van der Waals surface area contributed by atoms with E-state index in [1.807, 2.05) is 22.8 Å². The van der Waals surface area contributed by atoms with Crippen LogP contribution in [-0.2, 0) is 13.1 Å². The predicted molar refractivity (Wildman–Crippen MR) is 153 cm³/mol. The summed E-state index contributed by atoms with van der Waals surface area (Å²) in [5, 5.41) is 24.8. The van der Waals surface area contributed by atoms with Gasteiger partial charge in [-0.05, 0) is 68.2 Å². The van der Waals surface area contributed by atoms with E-state index in [9.17, 15) is 19.8 Å². The first-order valence-electron chi connectivity index (χ1n) is 13.5. The summed E-state index contributed by atoms with van der Waals surface area (Å²) in [4.78, 5) is 29.5. The van der Waals surface area contributed by atoms with Crippen molar-refractivity contribution in [3.05, 3.63) is 73.6 Å². The van der Waals surface area contributed by atoms with E-state index in [-0.39, 0.29) is 16.2 Å². The summed E-state index contributed by atoms with van der Waals surface area (Å²) < 4.78 is 2.87. The van der Waals surface area contributed by atoms with Crippen LogP contribution in [0.1, 0.15) is 55.8 Å². The lowest BCUT2D eigenvalue weighted by atomic mass is 9.94. The van der Waals surface area contributed by atoms with Gasteiger partial charge in [0.05, 0.1) is 21.8 Å². The fourth-order valence-corrected chi connectivity index (χ4v) is 6.61. The average Bonchev–Trinajstić information content (AvgIpc) is 3.23. The number of hydrogen-bond acceptors (Lipinski definition) is 7. The number of nitrogens with one attached hydrogen (secondary N) is 2. The van der Waals surface area contributed by atoms with Crippen molar-refractivity contribution >= 4 is 32.5 Å². The quantitative estimate of drug-likeness (QED) is 0.243. The molecule has 0 unspecified atom stereocenters. The first-order valence-corrected chi connectivity index (χ1v) is 14.3. The van der Waals surface area contributed by atoms with Crippen molar-refractivity contribution in [2.45, 2.75) is 63.8 Å². The number of hydrogen-bond donors (Lipinski definition) is 4. The molecule has 0 bridgehead atoms. The molecular weight excluding hydrogens is 500 g/mol. The molecular formula is C29H36N4O4S. The number of benzene rings is 2. The molecule has 4 aromatic rings. The molecule has 2 aromatic heterocycles. The molecule has 0 amide bonds. The van der Waals surface area contributed by atoms with Crippen LogP contribution >= 0.6 is 11.3 Å². The van der Waals surface area contributed by atoms with Gasteiger partial charge in [0.1, 0.15) is 5.75 Å². The first-order chi connectivity index (χ1) is 18.4. The lowest BCUT2D eigenvalue weighted by molar-refractivity contribution is 0.176. The van der Waals surface area contributed by atoms with Gasteiger partial charge >= 0.3 is 4.87 Å². The van der Waals surface area contributed by atoms with Crippen LogP contribution in [0.3, 0.4) is 0 Å². The van der Waals surface area contributed by atoms with E-state index in [4.69, 9.17) is 0 Å². The van der Waals surface area contributed by atoms with Gasteiger partial charge in [0, 0.05) is 37.1 Å². The number of aliphatic hydroxyl groups is 1. The smallest absolute Gasteiger partial charge is 0.308 e. The molecule has 0 radical (unpaired) electrons. The van der Waals surface area contributed by atoms with Crippen LogP contribution in [0.15, 0.2) is 52.1 Å². The Labute approximate surface area is 225 Å². The number of rotatable bonds is 10. The molecule has 38 heavy (non-hydrogen) atoms. The summed E-state index contributed by atoms with van der Waals surface area (Å²) in [5.41, 5.74) is 2.65. The minimum atomic E-state index is -0.823. The van der Waals surface area contributed by atoms with Gasteiger partial charge in [0.15, 0.2) is 0 Å². The number of fused-ring (bicyclic) bond motifs is 2. The Bertz CT molecular complexity index is 1520. The zero-order chi connectivity index (χ0) is 26.6. The highest BCUT2D eigenvalue weighted by atomic mass is 32.1. The number of H-pyrrole nitrogens is 1. The summed E-state index contributed by atoms with van der Waals surface area (Å²) in [7, 11) is 2.21. The molecule has 2 aromatic carbocycles. The number of pyridine rings is 1. The predicted octanol–water partition coefficient (Wildman–Crippen LogP) is 4.09.